The highest BCUT2D eigenvalue weighted by atomic mass is 35.5. The quantitative estimate of drug-likeness (QED) is 0.291. The van der Waals surface area contributed by atoms with Crippen LogP contribution in [0.15, 0.2) is 24.5 Å². The molecule has 5 heterocycles. The summed E-state index contributed by atoms with van der Waals surface area (Å²) in [5, 5.41) is 8.44. The van der Waals surface area contributed by atoms with E-state index in [2.05, 4.69) is 38.4 Å². The van der Waals surface area contributed by atoms with Gasteiger partial charge in [0.15, 0.2) is 11.5 Å². The highest BCUT2D eigenvalue weighted by Gasteiger charge is 2.51. The Labute approximate surface area is 246 Å². The van der Waals surface area contributed by atoms with E-state index in [4.69, 9.17) is 26.3 Å². The maximum atomic E-state index is 14.6. The van der Waals surface area contributed by atoms with Gasteiger partial charge in [-0.3, -0.25) is 4.90 Å². The number of nitrogens with zero attached hydrogens (tertiary/aromatic N) is 8. The molecule has 4 atom stereocenters. The Bertz CT molecular complexity index is 1630. The minimum Gasteiger partial charge on any atom is -0.376 e. The fourth-order valence-corrected chi connectivity index (χ4v) is 7.28. The predicted molar refractivity (Wildman–Crippen MR) is 153 cm³/mol. The molecule has 2 aliphatic heterocycles. The van der Waals surface area contributed by atoms with Crippen molar-refractivity contribution in [2.75, 3.05) is 24.6 Å². The Morgan fingerprint density at radius 3 is 2.67 bits per heavy atom. The van der Waals surface area contributed by atoms with E-state index in [1.807, 2.05) is 11.3 Å². The maximum absolute atomic E-state index is 14.6. The molecule has 1 saturated carbocycles. The lowest BCUT2D eigenvalue weighted by Crippen LogP contribution is -2.59. The number of anilines is 1. The van der Waals surface area contributed by atoms with E-state index in [0.29, 0.717) is 31.0 Å². The van der Waals surface area contributed by atoms with E-state index >= 15 is 0 Å². The monoisotopic (exact) mass is 602 g/mol. The first-order valence-corrected chi connectivity index (χ1v) is 15.0. The van der Waals surface area contributed by atoms with Gasteiger partial charge < -0.3 is 14.2 Å². The van der Waals surface area contributed by atoms with Crippen molar-refractivity contribution in [1.29, 1.82) is 0 Å². The summed E-state index contributed by atoms with van der Waals surface area (Å²) >= 11 is 5.98. The molecule has 0 radical (unpaired) electrons. The zero-order valence-electron chi connectivity index (χ0n) is 23.9. The summed E-state index contributed by atoms with van der Waals surface area (Å²) in [7, 11) is 0. The summed E-state index contributed by atoms with van der Waals surface area (Å²) in [6.45, 7) is 8.80. The largest absolute Gasteiger partial charge is 0.376 e. The Morgan fingerprint density at radius 2 is 1.95 bits per heavy atom. The molecule has 0 spiro atoms. The first-order valence-electron chi connectivity index (χ1n) is 14.6. The SMILES string of the molecule is Cc1nc2c(N3C[C@@H](C)N(C(c4ccc(Cl)c(F)c4)C4CC(F)(F)C4)C[C@@H]3C)nc3nncn3c2n1C[C@@H]1CCCO1. The van der Waals surface area contributed by atoms with Crippen molar-refractivity contribution >= 4 is 34.4 Å². The smallest absolute Gasteiger partial charge is 0.258 e. The van der Waals surface area contributed by atoms with Gasteiger partial charge in [0.2, 0.25) is 5.92 Å². The number of halogens is 4. The summed E-state index contributed by atoms with van der Waals surface area (Å²) in [6, 6.07) is 4.26. The molecule has 13 heteroatoms. The van der Waals surface area contributed by atoms with Crippen LogP contribution in [0.25, 0.3) is 16.9 Å². The summed E-state index contributed by atoms with van der Waals surface area (Å²) in [5.41, 5.74) is 2.32. The minimum absolute atomic E-state index is 0.0239. The summed E-state index contributed by atoms with van der Waals surface area (Å²) < 4.78 is 52.7. The molecule has 42 heavy (non-hydrogen) atoms. The van der Waals surface area contributed by atoms with E-state index in [1.54, 1.807) is 12.4 Å². The van der Waals surface area contributed by atoms with Gasteiger partial charge >= 0.3 is 0 Å². The number of aryl methyl sites for hydroxylation is 1. The molecule has 1 aliphatic carbocycles. The Hall–Kier alpha value is -2.96. The van der Waals surface area contributed by atoms with Gasteiger partial charge in [-0.05, 0) is 57.2 Å². The standard InChI is InChI=1S/C29H34ClF3N8O/c1-16-13-39(17(2)12-38(16)25(20-10-29(32,33)11-20)19-6-7-22(30)23(31)9-19)26-24-27(41-15-34-37-28(41)36-26)40(18(3)35-24)14-21-5-4-8-42-21/h6-7,9,15-17,20-21,25H,4-5,8,10-14H2,1-3H3/t16-,17+,21+,25?/m1/s1. The second-order valence-electron chi connectivity index (χ2n) is 12.2. The van der Waals surface area contributed by atoms with Crippen LogP contribution >= 0.6 is 11.6 Å². The van der Waals surface area contributed by atoms with Crippen molar-refractivity contribution in [3.8, 4) is 0 Å². The third kappa shape index (κ3) is 4.71. The highest BCUT2D eigenvalue weighted by Crippen LogP contribution is 2.51. The van der Waals surface area contributed by atoms with E-state index in [0.717, 1.165) is 42.3 Å². The third-order valence-electron chi connectivity index (χ3n) is 9.23. The van der Waals surface area contributed by atoms with Crippen LogP contribution in [-0.2, 0) is 11.3 Å². The molecule has 2 saturated heterocycles. The zero-order valence-corrected chi connectivity index (χ0v) is 24.6. The Balaban J connectivity index is 1.24. The molecule has 9 nitrogen and oxygen atoms in total. The first-order chi connectivity index (χ1) is 20.1. The number of ether oxygens (including phenoxy) is 1. The Morgan fingerprint density at radius 1 is 1.14 bits per heavy atom. The molecule has 3 aliphatic rings. The zero-order chi connectivity index (χ0) is 29.3. The lowest BCUT2D eigenvalue weighted by atomic mass is 9.73. The predicted octanol–water partition coefficient (Wildman–Crippen LogP) is 5.44. The second kappa shape index (κ2) is 10.3. The van der Waals surface area contributed by atoms with Crippen molar-refractivity contribution in [3.63, 3.8) is 0 Å². The average molecular weight is 603 g/mol. The number of imidazole rings is 1. The molecule has 0 bridgehead atoms. The van der Waals surface area contributed by atoms with Gasteiger partial charge in [0.1, 0.15) is 23.5 Å². The number of rotatable bonds is 6. The van der Waals surface area contributed by atoms with Crippen molar-refractivity contribution in [2.45, 2.75) is 83.2 Å². The lowest BCUT2D eigenvalue weighted by Gasteiger charge is -2.52. The topological polar surface area (TPSA) is 76.6 Å². The van der Waals surface area contributed by atoms with Crippen LogP contribution in [-0.4, -0.2) is 77.8 Å². The molecule has 7 rings (SSSR count). The maximum Gasteiger partial charge on any atom is 0.258 e. The van der Waals surface area contributed by atoms with Gasteiger partial charge in [-0.1, -0.05) is 17.7 Å². The molecular weight excluding hydrogens is 569 g/mol. The molecule has 3 aromatic heterocycles. The van der Waals surface area contributed by atoms with Gasteiger partial charge in [-0.25, -0.2) is 22.6 Å². The van der Waals surface area contributed by atoms with Crippen molar-refractivity contribution < 1.29 is 17.9 Å². The van der Waals surface area contributed by atoms with Crippen LogP contribution in [0.2, 0.25) is 5.02 Å². The van der Waals surface area contributed by atoms with Gasteiger partial charge in [0.05, 0.1) is 17.7 Å². The molecule has 224 valence electrons. The number of hydrogen-bond donors (Lipinski definition) is 0. The number of piperazine rings is 1. The molecule has 3 fully saturated rings. The molecule has 0 amide bonds. The summed E-state index contributed by atoms with van der Waals surface area (Å²) in [6.07, 6.45) is 3.42. The lowest BCUT2D eigenvalue weighted by molar-refractivity contribution is -0.137. The molecule has 1 unspecified atom stereocenters. The summed E-state index contributed by atoms with van der Waals surface area (Å²) in [4.78, 5) is 14.4. The van der Waals surface area contributed by atoms with E-state index < -0.39 is 11.7 Å². The Kier molecular flexibility index (Phi) is 6.86. The van der Waals surface area contributed by atoms with E-state index in [-0.39, 0.29) is 48.0 Å². The van der Waals surface area contributed by atoms with Gasteiger partial charge in [-0.15, -0.1) is 10.2 Å². The molecule has 1 aromatic carbocycles. The van der Waals surface area contributed by atoms with Crippen LogP contribution in [0.1, 0.15) is 57.0 Å². The highest BCUT2D eigenvalue weighted by molar-refractivity contribution is 6.30. The van der Waals surface area contributed by atoms with Gasteiger partial charge in [-0.2, -0.15) is 4.98 Å². The first kappa shape index (κ1) is 27.8. The number of fused-ring (bicyclic) bond motifs is 3. The molecular formula is C29H34ClF3N8O. The third-order valence-corrected chi connectivity index (χ3v) is 9.54. The van der Waals surface area contributed by atoms with E-state index in [1.165, 1.54) is 12.1 Å². The normalized spacial score (nSPS) is 25.9. The van der Waals surface area contributed by atoms with Gasteiger partial charge in [0.25, 0.3) is 5.78 Å². The van der Waals surface area contributed by atoms with Crippen molar-refractivity contribution in [2.24, 2.45) is 5.92 Å². The van der Waals surface area contributed by atoms with Crippen LogP contribution in [0.5, 0.6) is 0 Å². The fraction of sp³-hybridized carbons (Fsp3) is 0.586. The fourth-order valence-electron chi connectivity index (χ4n) is 7.16. The summed E-state index contributed by atoms with van der Waals surface area (Å²) in [5.74, 6) is -1.43. The second-order valence-corrected chi connectivity index (χ2v) is 12.6. The van der Waals surface area contributed by atoms with Crippen LogP contribution in [0, 0.1) is 18.7 Å². The van der Waals surface area contributed by atoms with Crippen LogP contribution in [0.4, 0.5) is 19.0 Å². The number of benzene rings is 1. The van der Waals surface area contributed by atoms with Crippen molar-refractivity contribution in [3.05, 3.63) is 46.8 Å². The van der Waals surface area contributed by atoms with E-state index in [9.17, 15) is 13.2 Å². The van der Waals surface area contributed by atoms with Gasteiger partial charge in [0, 0.05) is 50.7 Å². The van der Waals surface area contributed by atoms with Crippen LogP contribution < -0.4 is 4.90 Å². The number of hydrogen-bond acceptors (Lipinski definition) is 7. The minimum atomic E-state index is -2.69. The number of aromatic nitrogens is 6. The molecule has 0 N–H and O–H groups in total. The molecule has 4 aromatic rings. The number of alkyl halides is 2. The average Bonchev–Trinajstić information content (AvgIpc) is 3.68. The van der Waals surface area contributed by atoms with Crippen molar-refractivity contribution in [1.82, 2.24) is 34.0 Å². The van der Waals surface area contributed by atoms with Crippen LogP contribution in [0.3, 0.4) is 0 Å².